The Labute approximate surface area is 256 Å². The Morgan fingerprint density at radius 3 is 2.40 bits per heavy atom. The normalized spacial score (nSPS) is 22.3. The molecule has 230 valence electrons. The van der Waals surface area contributed by atoms with E-state index < -0.39 is 0 Å². The van der Waals surface area contributed by atoms with Crippen molar-refractivity contribution in [1.82, 2.24) is 20.1 Å². The maximum absolute atomic E-state index is 14.2. The lowest BCUT2D eigenvalue weighted by Gasteiger charge is -2.36. The number of amides is 2. The molecule has 0 aliphatic heterocycles. The van der Waals surface area contributed by atoms with Crippen LogP contribution in [-0.2, 0) is 9.59 Å². The van der Waals surface area contributed by atoms with Crippen molar-refractivity contribution in [2.45, 2.75) is 97.1 Å². The third-order valence-corrected chi connectivity index (χ3v) is 9.41. The number of carbonyl (C=O) groups is 2. The standard InChI is InChI=1S/C35H47N5O3/c1-23(2)40-22-31(20-37-40)30-16-17-36-34(19-30)39(35(42)28-10-13-32(14-11-28)38-25(4)41)21-26-6-8-27(9-7-26)29-12-15-33(43-5)24(3)18-29/h12,15-20,22-23,26-28,32H,6-11,13-14,21H2,1-5H3,(H,38,41)/t26-,27-,28-,32-. The zero-order chi connectivity index (χ0) is 30.5. The molecule has 2 saturated carbocycles. The summed E-state index contributed by atoms with van der Waals surface area (Å²) in [5, 5.41) is 7.56. The van der Waals surface area contributed by atoms with Gasteiger partial charge in [-0.3, -0.25) is 19.2 Å². The minimum absolute atomic E-state index is 0.00129. The number of methoxy groups -OCH3 is 1. The second kappa shape index (κ2) is 13.7. The summed E-state index contributed by atoms with van der Waals surface area (Å²) in [6, 6.07) is 11.0. The number of nitrogens with one attached hydrogen (secondary N) is 1. The Morgan fingerprint density at radius 1 is 1.02 bits per heavy atom. The quantitative estimate of drug-likeness (QED) is 0.297. The van der Waals surface area contributed by atoms with Gasteiger partial charge in [0.2, 0.25) is 11.8 Å². The van der Waals surface area contributed by atoms with Gasteiger partial charge < -0.3 is 10.1 Å². The van der Waals surface area contributed by atoms with Gasteiger partial charge in [-0.05, 0) is 119 Å². The van der Waals surface area contributed by atoms with Gasteiger partial charge in [-0.15, -0.1) is 0 Å². The summed E-state index contributed by atoms with van der Waals surface area (Å²) in [5.41, 5.74) is 4.60. The molecule has 1 N–H and O–H groups in total. The highest BCUT2D eigenvalue weighted by molar-refractivity contribution is 5.94. The molecule has 0 spiro atoms. The Kier molecular flexibility index (Phi) is 9.83. The number of pyridine rings is 1. The van der Waals surface area contributed by atoms with Gasteiger partial charge in [0.25, 0.3) is 0 Å². The number of carbonyl (C=O) groups excluding carboxylic acids is 2. The van der Waals surface area contributed by atoms with E-state index in [1.165, 1.54) is 11.1 Å². The van der Waals surface area contributed by atoms with Gasteiger partial charge in [-0.1, -0.05) is 12.1 Å². The van der Waals surface area contributed by atoms with Crippen molar-refractivity contribution in [3.05, 3.63) is 60.0 Å². The third-order valence-electron chi connectivity index (χ3n) is 9.41. The molecule has 2 heterocycles. The minimum atomic E-state index is -0.0576. The summed E-state index contributed by atoms with van der Waals surface area (Å²) in [4.78, 5) is 32.5. The molecule has 0 bridgehead atoms. The van der Waals surface area contributed by atoms with Crippen molar-refractivity contribution in [1.29, 1.82) is 0 Å². The SMILES string of the molecule is COc1ccc([C@H]2CC[C@H](CN(c3cc(-c4cnn(C(C)C)c4)ccn3)C(=O)[C@H]3CC[C@H](NC(C)=O)CC3)CC2)cc1C. The van der Waals surface area contributed by atoms with Gasteiger partial charge >= 0.3 is 0 Å². The van der Waals surface area contributed by atoms with Crippen LogP contribution in [-0.4, -0.2) is 46.3 Å². The Morgan fingerprint density at radius 2 is 1.77 bits per heavy atom. The Hall–Kier alpha value is -3.68. The van der Waals surface area contributed by atoms with E-state index in [1.54, 1.807) is 14.0 Å². The van der Waals surface area contributed by atoms with Crippen molar-refractivity contribution in [3.8, 4) is 16.9 Å². The van der Waals surface area contributed by atoms with E-state index in [0.29, 0.717) is 18.4 Å². The first-order valence-electron chi connectivity index (χ1n) is 16.0. The van der Waals surface area contributed by atoms with E-state index in [1.807, 2.05) is 34.1 Å². The van der Waals surface area contributed by atoms with Gasteiger partial charge in [-0.25, -0.2) is 4.98 Å². The summed E-state index contributed by atoms with van der Waals surface area (Å²) in [6.07, 6.45) is 13.4. The maximum Gasteiger partial charge on any atom is 0.231 e. The van der Waals surface area contributed by atoms with Crippen LogP contribution in [0.15, 0.2) is 48.9 Å². The maximum atomic E-state index is 14.2. The molecule has 43 heavy (non-hydrogen) atoms. The number of hydrogen-bond donors (Lipinski definition) is 1. The fraction of sp³-hybridized carbons (Fsp3) is 0.543. The molecule has 2 fully saturated rings. The van der Waals surface area contributed by atoms with Gasteiger partial charge in [0, 0.05) is 49.4 Å². The number of aromatic nitrogens is 3. The van der Waals surface area contributed by atoms with Gasteiger partial charge in [0.15, 0.2) is 0 Å². The zero-order valence-corrected chi connectivity index (χ0v) is 26.4. The summed E-state index contributed by atoms with van der Waals surface area (Å²) in [5.74, 6) is 2.71. The lowest BCUT2D eigenvalue weighted by atomic mass is 9.78. The molecule has 8 nitrogen and oxygen atoms in total. The van der Waals surface area contributed by atoms with Crippen LogP contribution in [0.3, 0.4) is 0 Å². The first kappa shape index (κ1) is 30.8. The minimum Gasteiger partial charge on any atom is -0.496 e. The van der Waals surface area contributed by atoms with Crippen LogP contribution < -0.4 is 15.0 Å². The molecule has 0 radical (unpaired) electrons. The summed E-state index contributed by atoms with van der Waals surface area (Å²) >= 11 is 0. The monoisotopic (exact) mass is 585 g/mol. The molecule has 1 aromatic carbocycles. The van der Waals surface area contributed by atoms with E-state index in [2.05, 4.69) is 55.6 Å². The molecule has 8 heteroatoms. The third kappa shape index (κ3) is 7.46. The number of ether oxygens (including phenoxy) is 1. The van der Waals surface area contributed by atoms with Crippen molar-refractivity contribution < 1.29 is 14.3 Å². The smallest absolute Gasteiger partial charge is 0.231 e. The lowest BCUT2D eigenvalue weighted by Crippen LogP contribution is -2.44. The van der Waals surface area contributed by atoms with Crippen molar-refractivity contribution >= 4 is 17.6 Å². The molecule has 2 amide bonds. The number of hydrogen-bond acceptors (Lipinski definition) is 5. The van der Waals surface area contributed by atoms with Crippen molar-refractivity contribution in [3.63, 3.8) is 0 Å². The zero-order valence-electron chi connectivity index (χ0n) is 26.4. The molecule has 5 rings (SSSR count). The average molecular weight is 586 g/mol. The van der Waals surface area contributed by atoms with Crippen LogP contribution in [0, 0.1) is 18.8 Å². The molecule has 2 aliphatic carbocycles. The first-order valence-corrected chi connectivity index (χ1v) is 16.0. The number of anilines is 1. The Bertz CT molecular complexity index is 1400. The molecule has 0 atom stereocenters. The highest BCUT2D eigenvalue weighted by Crippen LogP contribution is 2.39. The molecular weight excluding hydrogens is 538 g/mol. The molecular formula is C35H47N5O3. The number of nitrogens with zero attached hydrogens (tertiary/aromatic N) is 4. The van der Waals surface area contributed by atoms with Crippen LogP contribution in [0.4, 0.5) is 5.82 Å². The van der Waals surface area contributed by atoms with Crippen molar-refractivity contribution in [2.24, 2.45) is 11.8 Å². The topological polar surface area (TPSA) is 89.3 Å². The van der Waals surface area contributed by atoms with Gasteiger partial charge in [-0.2, -0.15) is 5.10 Å². The highest BCUT2D eigenvalue weighted by atomic mass is 16.5. The number of rotatable bonds is 9. The fourth-order valence-electron chi connectivity index (χ4n) is 6.90. The van der Waals surface area contributed by atoms with E-state index in [4.69, 9.17) is 9.72 Å². The average Bonchev–Trinajstić information content (AvgIpc) is 3.51. The van der Waals surface area contributed by atoms with Crippen LogP contribution in [0.25, 0.3) is 11.1 Å². The van der Waals surface area contributed by atoms with Gasteiger partial charge in [0.1, 0.15) is 11.6 Å². The number of benzene rings is 1. The molecule has 3 aromatic rings. The van der Waals surface area contributed by atoms with Gasteiger partial charge in [0.05, 0.1) is 13.3 Å². The fourth-order valence-corrected chi connectivity index (χ4v) is 6.90. The Balaban J connectivity index is 1.33. The van der Waals surface area contributed by atoms with Crippen LogP contribution in [0.5, 0.6) is 5.75 Å². The lowest BCUT2D eigenvalue weighted by molar-refractivity contribution is -0.123. The molecule has 0 unspecified atom stereocenters. The second-order valence-electron chi connectivity index (χ2n) is 12.9. The summed E-state index contributed by atoms with van der Waals surface area (Å²) in [6.45, 7) is 8.57. The molecule has 2 aliphatic rings. The predicted molar refractivity (Wildman–Crippen MR) is 170 cm³/mol. The van der Waals surface area contributed by atoms with Crippen LogP contribution in [0.2, 0.25) is 0 Å². The summed E-state index contributed by atoms with van der Waals surface area (Å²) in [7, 11) is 1.72. The van der Waals surface area contributed by atoms with E-state index in [-0.39, 0.29) is 29.8 Å². The highest BCUT2D eigenvalue weighted by Gasteiger charge is 2.33. The molecule has 0 saturated heterocycles. The van der Waals surface area contributed by atoms with E-state index in [0.717, 1.165) is 74.1 Å². The van der Waals surface area contributed by atoms with E-state index >= 15 is 0 Å². The largest absolute Gasteiger partial charge is 0.496 e. The summed E-state index contributed by atoms with van der Waals surface area (Å²) < 4.78 is 7.42. The van der Waals surface area contributed by atoms with Crippen molar-refractivity contribution in [2.75, 3.05) is 18.6 Å². The molecule has 2 aromatic heterocycles. The predicted octanol–water partition coefficient (Wildman–Crippen LogP) is 6.84. The van der Waals surface area contributed by atoms with E-state index in [9.17, 15) is 9.59 Å². The van der Waals surface area contributed by atoms with Crippen LogP contribution >= 0.6 is 0 Å². The second-order valence-corrected chi connectivity index (χ2v) is 12.9. The van der Waals surface area contributed by atoms with Crippen LogP contribution in [0.1, 0.15) is 95.2 Å². The number of aryl methyl sites for hydroxylation is 1. The first-order chi connectivity index (χ1) is 20.7.